The molecular weight excluding hydrogens is 398 g/mol. The van der Waals surface area contributed by atoms with E-state index < -0.39 is 0 Å². The number of benzene rings is 3. The van der Waals surface area contributed by atoms with Crippen molar-refractivity contribution in [3.05, 3.63) is 65.2 Å². The summed E-state index contributed by atoms with van der Waals surface area (Å²) >= 11 is 6.42. The van der Waals surface area contributed by atoms with E-state index in [2.05, 4.69) is 20.5 Å². The van der Waals surface area contributed by atoms with Gasteiger partial charge in [-0.1, -0.05) is 17.7 Å². The maximum absolute atomic E-state index is 6.42. The van der Waals surface area contributed by atoms with Gasteiger partial charge in [0.2, 0.25) is 5.95 Å². The van der Waals surface area contributed by atoms with Gasteiger partial charge in [0.1, 0.15) is 11.3 Å². The lowest BCUT2D eigenvalue weighted by molar-refractivity contribution is 0.415. The molecule has 1 N–H and O–H groups in total. The molecule has 30 heavy (non-hydrogen) atoms. The summed E-state index contributed by atoms with van der Waals surface area (Å²) in [6.07, 6.45) is 0. The lowest BCUT2D eigenvalue weighted by atomic mass is 10.0. The Labute approximate surface area is 180 Å². The first-order chi connectivity index (χ1) is 14.4. The molecule has 0 fully saturated rings. The van der Waals surface area contributed by atoms with Crippen LogP contribution in [0.1, 0.15) is 5.56 Å². The van der Waals surface area contributed by atoms with E-state index in [1.807, 2.05) is 80.5 Å². The van der Waals surface area contributed by atoms with E-state index in [4.69, 9.17) is 16.3 Å². The summed E-state index contributed by atoms with van der Waals surface area (Å²) in [6.45, 7) is 2.00. The molecule has 4 rings (SSSR count). The number of rotatable bonds is 5. The highest BCUT2D eigenvalue weighted by molar-refractivity contribution is 6.33. The topological polar surface area (TPSA) is 63.2 Å². The SMILES string of the molecule is COc1ccc(Cl)c(-c2cc(C)c3nc(Nc4cccc(N(C)C)c4)nnc3c2)c1. The molecule has 3 aromatic carbocycles. The lowest BCUT2D eigenvalue weighted by Crippen LogP contribution is -2.08. The van der Waals surface area contributed by atoms with Crippen molar-refractivity contribution in [2.45, 2.75) is 6.92 Å². The Kier molecular flexibility index (Phi) is 5.42. The molecule has 6 nitrogen and oxygen atoms in total. The van der Waals surface area contributed by atoms with E-state index in [0.717, 1.165) is 39.3 Å². The highest BCUT2D eigenvalue weighted by Crippen LogP contribution is 2.34. The van der Waals surface area contributed by atoms with Crippen molar-refractivity contribution >= 4 is 40.0 Å². The third-order valence-electron chi connectivity index (χ3n) is 4.85. The van der Waals surface area contributed by atoms with Crippen molar-refractivity contribution in [2.75, 3.05) is 31.4 Å². The summed E-state index contributed by atoms with van der Waals surface area (Å²) in [7, 11) is 5.64. The molecular formula is C23H22ClN5O. The van der Waals surface area contributed by atoms with Gasteiger partial charge in [-0.15, -0.1) is 10.2 Å². The van der Waals surface area contributed by atoms with E-state index in [0.29, 0.717) is 16.5 Å². The maximum Gasteiger partial charge on any atom is 0.247 e. The zero-order valence-corrected chi connectivity index (χ0v) is 18.0. The minimum Gasteiger partial charge on any atom is -0.497 e. The Morgan fingerprint density at radius 3 is 2.60 bits per heavy atom. The zero-order chi connectivity index (χ0) is 21.3. The second-order valence-corrected chi connectivity index (χ2v) is 7.62. The van der Waals surface area contributed by atoms with Gasteiger partial charge in [0, 0.05) is 36.1 Å². The first kappa shape index (κ1) is 19.9. The maximum atomic E-state index is 6.42. The third kappa shape index (κ3) is 4.00. The number of fused-ring (bicyclic) bond motifs is 1. The number of methoxy groups -OCH3 is 1. The van der Waals surface area contributed by atoms with Crippen LogP contribution in [-0.2, 0) is 0 Å². The number of ether oxygens (including phenoxy) is 1. The van der Waals surface area contributed by atoms with Crippen LogP contribution >= 0.6 is 11.6 Å². The van der Waals surface area contributed by atoms with Gasteiger partial charge >= 0.3 is 0 Å². The second-order valence-electron chi connectivity index (χ2n) is 7.21. The molecule has 152 valence electrons. The molecule has 1 heterocycles. The van der Waals surface area contributed by atoms with E-state index in [1.54, 1.807) is 7.11 Å². The van der Waals surface area contributed by atoms with Crippen molar-refractivity contribution in [1.82, 2.24) is 15.2 Å². The van der Waals surface area contributed by atoms with E-state index >= 15 is 0 Å². The average Bonchev–Trinajstić information content (AvgIpc) is 2.74. The number of aromatic nitrogens is 3. The molecule has 1 aromatic heterocycles. The minimum atomic E-state index is 0.452. The smallest absolute Gasteiger partial charge is 0.247 e. The minimum absolute atomic E-state index is 0.452. The molecule has 0 aliphatic carbocycles. The molecule has 0 spiro atoms. The number of hydrogen-bond acceptors (Lipinski definition) is 6. The van der Waals surface area contributed by atoms with Crippen LogP contribution in [-0.4, -0.2) is 36.4 Å². The van der Waals surface area contributed by atoms with Crippen LogP contribution < -0.4 is 15.0 Å². The second kappa shape index (κ2) is 8.16. The van der Waals surface area contributed by atoms with E-state index in [-0.39, 0.29) is 0 Å². The summed E-state index contributed by atoms with van der Waals surface area (Å²) in [5, 5.41) is 12.5. The van der Waals surface area contributed by atoms with Gasteiger partial charge in [0.25, 0.3) is 0 Å². The molecule has 0 atom stereocenters. The summed E-state index contributed by atoms with van der Waals surface area (Å²) < 4.78 is 5.33. The predicted molar refractivity (Wildman–Crippen MR) is 123 cm³/mol. The molecule has 7 heteroatoms. The Morgan fingerprint density at radius 2 is 1.83 bits per heavy atom. The Morgan fingerprint density at radius 1 is 1.00 bits per heavy atom. The highest BCUT2D eigenvalue weighted by Gasteiger charge is 2.11. The van der Waals surface area contributed by atoms with Crippen LogP contribution in [0.3, 0.4) is 0 Å². The molecule has 0 aliphatic heterocycles. The number of hydrogen-bond donors (Lipinski definition) is 1. The molecule has 0 unspecified atom stereocenters. The number of halogens is 1. The number of nitrogens with zero attached hydrogens (tertiary/aromatic N) is 4. The van der Waals surface area contributed by atoms with Crippen LogP contribution in [0.5, 0.6) is 5.75 Å². The van der Waals surface area contributed by atoms with E-state index in [9.17, 15) is 0 Å². The van der Waals surface area contributed by atoms with Crippen molar-refractivity contribution < 1.29 is 4.74 Å². The van der Waals surface area contributed by atoms with Crippen molar-refractivity contribution in [3.8, 4) is 16.9 Å². The molecule has 0 amide bonds. The Balaban J connectivity index is 1.70. The molecule has 0 radical (unpaired) electrons. The summed E-state index contributed by atoms with van der Waals surface area (Å²) in [5.41, 5.74) is 6.30. The van der Waals surface area contributed by atoms with Crippen LogP contribution in [0.2, 0.25) is 5.02 Å². The third-order valence-corrected chi connectivity index (χ3v) is 5.18. The quantitative estimate of drug-likeness (QED) is 0.462. The fourth-order valence-corrected chi connectivity index (χ4v) is 3.49. The largest absolute Gasteiger partial charge is 0.497 e. The van der Waals surface area contributed by atoms with Crippen LogP contribution in [0.25, 0.3) is 22.2 Å². The first-order valence-electron chi connectivity index (χ1n) is 9.48. The van der Waals surface area contributed by atoms with Gasteiger partial charge in [-0.05, 0) is 66.6 Å². The first-order valence-corrected chi connectivity index (χ1v) is 9.86. The van der Waals surface area contributed by atoms with Crippen LogP contribution in [0.15, 0.2) is 54.6 Å². The van der Waals surface area contributed by atoms with E-state index in [1.165, 1.54) is 0 Å². The zero-order valence-electron chi connectivity index (χ0n) is 17.3. The van der Waals surface area contributed by atoms with Gasteiger partial charge in [0.15, 0.2) is 0 Å². The van der Waals surface area contributed by atoms with Crippen molar-refractivity contribution in [3.63, 3.8) is 0 Å². The predicted octanol–water partition coefficient (Wildman–Crippen LogP) is 5.47. The van der Waals surface area contributed by atoms with Crippen molar-refractivity contribution in [1.29, 1.82) is 0 Å². The van der Waals surface area contributed by atoms with Gasteiger partial charge in [-0.25, -0.2) is 4.98 Å². The number of aryl methyl sites for hydroxylation is 1. The summed E-state index contributed by atoms with van der Waals surface area (Å²) in [5.74, 6) is 1.20. The molecule has 0 saturated carbocycles. The van der Waals surface area contributed by atoms with Crippen molar-refractivity contribution in [2.24, 2.45) is 0 Å². The number of anilines is 3. The molecule has 0 aliphatic rings. The standard InChI is InChI=1S/C23H22ClN5O/c1-14-10-15(19-13-18(30-4)8-9-20(19)24)11-21-22(14)26-23(28-27-21)25-16-6-5-7-17(12-16)29(2)3/h5-13H,1-4H3,(H,25,26,28). The molecule has 0 saturated heterocycles. The molecule has 0 bridgehead atoms. The summed E-state index contributed by atoms with van der Waals surface area (Å²) in [6, 6.07) is 17.6. The van der Waals surface area contributed by atoms with Crippen LogP contribution in [0.4, 0.5) is 17.3 Å². The van der Waals surface area contributed by atoms with Gasteiger partial charge < -0.3 is 15.0 Å². The fourth-order valence-electron chi connectivity index (χ4n) is 3.26. The highest BCUT2D eigenvalue weighted by atomic mass is 35.5. The monoisotopic (exact) mass is 419 g/mol. The lowest BCUT2D eigenvalue weighted by Gasteiger charge is -2.14. The Hall–Kier alpha value is -3.38. The van der Waals surface area contributed by atoms with Crippen LogP contribution in [0, 0.1) is 6.92 Å². The Bertz CT molecular complexity index is 1230. The molecule has 4 aromatic rings. The summed E-state index contributed by atoms with van der Waals surface area (Å²) in [4.78, 5) is 6.72. The number of nitrogens with one attached hydrogen (secondary N) is 1. The van der Waals surface area contributed by atoms with Gasteiger partial charge in [-0.3, -0.25) is 0 Å². The normalized spacial score (nSPS) is 10.8. The average molecular weight is 420 g/mol. The van der Waals surface area contributed by atoms with Gasteiger partial charge in [-0.2, -0.15) is 0 Å². The fraction of sp³-hybridized carbons (Fsp3) is 0.174. The van der Waals surface area contributed by atoms with Gasteiger partial charge in [0.05, 0.1) is 12.6 Å².